The highest BCUT2D eigenvalue weighted by molar-refractivity contribution is 6.32. The number of benzene rings is 1. The summed E-state index contributed by atoms with van der Waals surface area (Å²) in [5, 5.41) is 20.5. The van der Waals surface area contributed by atoms with Gasteiger partial charge in [0.15, 0.2) is 0 Å². The van der Waals surface area contributed by atoms with Crippen molar-refractivity contribution in [2.75, 3.05) is 6.54 Å². The molecular formula is C9H12ClN3O3. The molecule has 0 amide bonds. The van der Waals surface area contributed by atoms with Crippen LogP contribution in [0, 0.1) is 10.1 Å². The fraction of sp³-hybridized carbons (Fsp3) is 0.333. The van der Waals surface area contributed by atoms with Crippen LogP contribution in [0.1, 0.15) is 18.0 Å². The molecule has 0 aliphatic heterocycles. The van der Waals surface area contributed by atoms with Gasteiger partial charge in [-0.1, -0.05) is 11.6 Å². The maximum atomic E-state index is 10.8. The Labute approximate surface area is 97.0 Å². The molecule has 0 bridgehead atoms. The van der Waals surface area contributed by atoms with Crippen molar-refractivity contribution in [2.24, 2.45) is 11.5 Å². The highest BCUT2D eigenvalue weighted by atomic mass is 35.5. The molecule has 0 heterocycles. The molecule has 0 saturated heterocycles. The van der Waals surface area contributed by atoms with Crippen LogP contribution in [0.25, 0.3) is 0 Å². The predicted octanol–water partition coefficient (Wildman–Crippen LogP) is 1.30. The van der Waals surface area contributed by atoms with E-state index in [0.717, 1.165) is 0 Å². The number of nitro groups is 1. The van der Waals surface area contributed by atoms with Gasteiger partial charge < -0.3 is 16.6 Å². The van der Waals surface area contributed by atoms with Crippen LogP contribution in [0.3, 0.4) is 0 Å². The monoisotopic (exact) mass is 245 g/mol. The third-order valence-corrected chi connectivity index (χ3v) is 2.49. The predicted molar refractivity (Wildman–Crippen MR) is 60.4 cm³/mol. The molecule has 7 heteroatoms. The van der Waals surface area contributed by atoms with E-state index in [1.54, 1.807) is 0 Å². The van der Waals surface area contributed by atoms with E-state index in [-0.39, 0.29) is 28.6 Å². The van der Waals surface area contributed by atoms with Gasteiger partial charge in [-0.05, 0) is 19.0 Å². The first kappa shape index (κ1) is 12.7. The number of rotatable bonds is 4. The molecule has 0 aliphatic rings. The Morgan fingerprint density at radius 3 is 2.69 bits per heavy atom. The van der Waals surface area contributed by atoms with Crippen LogP contribution in [0.4, 0.5) is 5.69 Å². The minimum absolute atomic E-state index is 0.0305. The van der Waals surface area contributed by atoms with Gasteiger partial charge in [0.1, 0.15) is 5.75 Å². The summed E-state index contributed by atoms with van der Waals surface area (Å²) in [6.45, 7) is 0.268. The van der Waals surface area contributed by atoms with E-state index < -0.39 is 11.0 Å². The summed E-state index contributed by atoms with van der Waals surface area (Å²) >= 11 is 5.68. The van der Waals surface area contributed by atoms with Gasteiger partial charge in [0, 0.05) is 12.1 Å². The Kier molecular flexibility index (Phi) is 4.05. The van der Waals surface area contributed by atoms with Gasteiger partial charge in [-0.25, -0.2) is 0 Å². The van der Waals surface area contributed by atoms with Crippen molar-refractivity contribution >= 4 is 17.3 Å². The van der Waals surface area contributed by atoms with E-state index in [0.29, 0.717) is 6.42 Å². The molecule has 16 heavy (non-hydrogen) atoms. The summed E-state index contributed by atoms with van der Waals surface area (Å²) in [7, 11) is 0. The number of phenols is 1. The second-order valence-corrected chi connectivity index (χ2v) is 3.68. The fourth-order valence-electron chi connectivity index (χ4n) is 1.42. The largest absolute Gasteiger partial charge is 0.506 e. The Bertz CT molecular complexity index is 411. The smallest absolute Gasteiger partial charge is 0.277 e. The molecule has 1 atom stereocenters. The Hall–Kier alpha value is -1.37. The van der Waals surface area contributed by atoms with E-state index in [1.165, 1.54) is 12.1 Å². The number of nitrogens with two attached hydrogens (primary N) is 2. The third-order valence-electron chi connectivity index (χ3n) is 2.19. The third kappa shape index (κ3) is 2.41. The molecule has 0 fully saturated rings. The number of nitro benzene ring substituents is 1. The summed E-state index contributed by atoms with van der Waals surface area (Å²) < 4.78 is 0. The van der Waals surface area contributed by atoms with Crippen molar-refractivity contribution in [1.82, 2.24) is 0 Å². The summed E-state index contributed by atoms with van der Waals surface area (Å²) in [5.41, 5.74) is 10.8. The second-order valence-electron chi connectivity index (χ2n) is 3.27. The topological polar surface area (TPSA) is 115 Å². The molecule has 1 rings (SSSR count). The first-order valence-corrected chi connectivity index (χ1v) is 4.98. The van der Waals surface area contributed by atoms with E-state index in [4.69, 9.17) is 23.1 Å². The number of halogens is 1. The molecule has 0 aliphatic carbocycles. The summed E-state index contributed by atoms with van der Waals surface area (Å²) in [5.74, 6) is -0.350. The van der Waals surface area contributed by atoms with Gasteiger partial charge in [0.2, 0.25) is 0 Å². The minimum Gasteiger partial charge on any atom is -0.506 e. The molecule has 0 saturated carbocycles. The van der Waals surface area contributed by atoms with Gasteiger partial charge in [-0.15, -0.1) is 0 Å². The Balaban J connectivity index is 3.31. The van der Waals surface area contributed by atoms with E-state index in [2.05, 4.69) is 0 Å². The van der Waals surface area contributed by atoms with Crippen LogP contribution in [-0.4, -0.2) is 16.6 Å². The van der Waals surface area contributed by atoms with E-state index >= 15 is 0 Å². The SMILES string of the molecule is NCC[C@@H](N)c1c([N+](=O)[O-])ccc(Cl)c1O. The van der Waals surface area contributed by atoms with Crippen molar-refractivity contribution < 1.29 is 10.0 Å². The zero-order valence-electron chi connectivity index (χ0n) is 8.39. The van der Waals surface area contributed by atoms with Gasteiger partial charge in [-0.2, -0.15) is 0 Å². The van der Waals surface area contributed by atoms with Crippen molar-refractivity contribution in [1.29, 1.82) is 0 Å². The van der Waals surface area contributed by atoms with Crippen LogP contribution in [0.2, 0.25) is 5.02 Å². The highest BCUT2D eigenvalue weighted by Gasteiger charge is 2.24. The van der Waals surface area contributed by atoms with Gasteiger partial charge in [0.25, 0.3) is 5.69 Å². The number of hydrogen-bond donors (Lipinski definition) is 3. The van der Waals surface area contributed by atoms with Gasteiger partial charge >= 0.3 is 0 Å². The summed E-state index contributed by atoms with van der Waals surface area (Å²) in [4.78, 5) is 10.1. The van der Waals surface area contributed by atoms with Crippen LogP contribution in [0.15, 0.2) is 12.1 Å². The lowest BCUT2D eigenvalue weighted by atomic mass is 10.0. The normalized spacial score (nSPS) is 12.4. The Morgan fingerprint density at radius 1 is 1.56 bits per heavy atom. The zero-order chi connectivity index (χ0) is 12.3. The molecular weight excluding hydrogens is 234 g/mol. The lowest BCUT2D eigenvalue weighted by Crippen LogP contribution is -2.17. The minimum atomic E-state index is -0.705. The number of nitrogens with zero attached hydrogens (tertiary/aromatic N) is 1. The molecule has 1 aromatic carbocycles. The molecule has 6 nitrogen and oxygen atoms in total. The first-order valence-electron chi connectivity index (χ1n) is 4.60. The second kappa shape index (κ2) is 5.11. The lowest BCUT2D eigenvalue weighted by Gasteiger charge is -2.13. The Morgan fingerprint density at radius 2 is 2.19 bits per heavy atom. The molecule has 5 N–H and O–H groups in total. The maximum absolute atomic E-state index is 10.8. The van der Waals surface area contributed by atoms with Crippen molar-refractivity contribution in [2.45, 2.75) is 12.5 Å². The highest BCUT2D eigenvalue weighted by Crippen LogP contribution is 2.38. The molecule has 0 unspecified atom stereocenters. The van der Waals surface area contributed by atoms with E-state index in [1.807, 2.05) is 0 Å². The standard InChI is InChI=1S/C9H12ClN3O3/c10-5-1-2-7(13(15)16)8(9(5)14)6(12)3-4-11/h1-2,6,14H,3-4,11-12H2/t6-/m1/s1. The fourth-order valence-corrected chi connectivity index (χ4v) is 1.58. The summed E-state index contributed by atoms with van der Waals surface area (Å²) in [6, 6.07) is 1.77. The van der Waals surface area contributed by atoms with Crippen LogP contribution in [0.5, 0.6) is 5.75 Å². The first-order chi connectivity index (χ1) is 7.49. The van der Waals surface area contributed by atoms with E-state index in [9.17, 15) is 15.2 Å². The molecule has 0 radical (unpaired) electrons. The average Bonchev–Trinajstić information content (AvgIpc) is 2.21. The van der Waals surface area contributed by atoms with Crippen molar-refractivity contribution in [3.63, 3.8) is 0 Å². The maximum Gasteiger partial charge on any atom is 0.277 e. The molecule has 0 spiro atoms. The number of aromatic hydroxyl groups is 1. The molecule has 1 aromatic rings. The summed E-state index contributed by atoms with van der Waals surface area (Å²) in [6.07, 6.45) is 0.328. The lowest BCUT2D eigenvalue weighted by molar-refractivity contribution is -0.385. The van der Waals surface area contributed by atoms with Crippen LogP contribution < -0.4 is 11.5 Å². The zero-order valence-corrected chi connectivity index (χ0v) is 9.15. The quantitative estimate of drug-likeness (QED) is 0.546. The van der Waals surface area contributed by atoms with Gasteiger partial charge in [-0.3, -0.25) is 10.1 Å². The number of phenolic OH excluding ortho intramolecular Hbond substituents is 1. The molecule has 88 valence electrons. The molecule has 0 aromatic heterocycles. The number of hydrogen-bond acceptors (Lipinski definition) is 5. The van der Waals surface area contributed by atoms with Crippen molar-refractivity contribution in [3.8, 4) is 5.75 Å². The van der Waals surface area contributed by atoms with Crippen LogP contribution >= 0.6 is 11.6 Å². The van der Waals surface area contributed by atoms with Crippen LogP contribution in [-0.2, 0) is 0 Å². The van der Waals surface area contributed by atoms with Gasteiger partial charge in [0.05, 0.1) is 15.5 Å². The van der Waals surface area contributed by atoms with Crippen molar-refractivity contribution in [3.05, 3.63) is 32.8 Å². The average molecular weight is 246 g/mol.